The van der Waals surface area contributed by atoms with E-state index in [0.717, 1.165) is 31.1 Å². The highest BCUT2D eigenvalue weighted by Crippen LogP contribution is 2.35. The molecule has 1 saturated heterocycles. The molecular formula is C16H26N2O2. The largest absolute Gasteiger partial charge is 0.383 e. The number of rotatable bonds is 3. The first kappa shape index (κ1) is 13.9. The van der Waals surface area contributed by atoms with Gasteiger partial charge in [-0.15, -0.1) is 0 Å². The van der Waals surface area contributed by atoms with Gasteiger partial charge in [-0.3, -0.25) is 4.79 Å². The predicted molar refractivity (Wildman–Crippen MR) is 78.9 cm³/mol. The van der Waals surface area contributed by atoms with Crippen LogP contribution in [0, 0.1) is 5.92 Å². The lowest BCUT2D eigenvalue weighted by Gasteiger charge is -2.38. The first-order valence-electron chi connectivity index (χ1n) is 8.11. The predicted octanol–water partition coefficient (Wildman–Crippen LogP) is 3.12. The van der Waals surface area contributed by atoms with Crippen molar-refractivity contribution in [1.29, 1.82) is 0 Å². The summed E-state index contributed by atoms with van der Waals surface area (Å²) in [5.41, 5.74) is -0.109. The highest BCUT2D eigenvalue weighted by atomic mass is 16.5. The Balaban J connectivity index is 1.62. The third-order valence-electron chi connectivity index (χ3n) is 5.29. The van der Waals surface area contributed by atoms with E-state index in [1.807, 2.05) is 0 Å². The number of piperidine rings is 1. The minimum absolute atomic E-state index is 0.109. The molecule has 4 nitrogen and oxygen atoms in total. The van der Waals surface area contributed by atoms with E-state index in [9.17, 15) is 4.79 Å². The monoisotopic (exact) mass is 278 g/mol. The Morgan fingerprint density at radius 2 is 2.10 bits per heavy atom. The molecule has 4 heteroatoms. The fraction of sp³-hybridized carbons (Fsp3) is 0.812. The fourth-order valence-corrected chi connectivity index (χ4v) is 4.01. The number of nitrogens with zero attached hydrogens (tertiary/aromatic N) is 1. The average Bonchev–Trinajstić information content (AvgIpc) is 2.89. The molecule has 0 aromatic carbocycles. The van der Waals surface area contributed by atoms with Crippen molar-refractivity contribution in [2.75, 3.05) is 13.6 Å². The van der Waals surface area contributed by atoms with E-state index in [-0.39, 0.29) is 5.56 Å². The van der Waals surface area contributed by atoms with Gasteiger partial charge in [-0.25, -0.2) is 0 Å². The number of aromatic nitrogens is 1. The van der Waals surface area contributed by atoms with Gasteiger partial charge in [0, 0.05) is 18.0 Å². The minimum atomic E-state index is -0.109. The number of H-pyrrole nitrogens is 1. The maximum atomic E-state index is 11.2. The molecule has 0 bridgehead atoms. The van der Waals surface area contributed by atoms with Crippen molar-refractivity contribution in [2.24, 2.45) is 5.92 Å². The summed E-state index contributed by atoms with van der Waals surface area (Å²) in [6.07, 6.45) is 10.6. The van der Waals surface area contributed by atoms with Gasteiger partial charge < -0.3 is 9.42 Å². The maximum absolute atomic E-state index is 11.2. The normalized spacial score (nSPS) is 29.6. The number of aromatic amines is 1. The van der Waals surface area contributed by atoms with Crippen LogP contribution in [0.2, 0.25) is 0 Å². The van der Waals surface area contributed by atoms with Crippen molar-refractivity contribution >= 4 is 0 Å². The van der Waals surface area contributed by atoms with Crippen molar-refractivity contribution in [2.45, 2.75) is 63.3 Å². The van der Waals surface area contributed by atoms with Gasteiger partial charge in [-0.1, -0.05) is 32.1 Å². The van der Waals surface area contributed by atoms with E-state index < -0.39 is 0 Å². The maximum Gasteiger partial charge on any atom is 0.280 e. The summed E-state index contributed by atoms with van der Waals surface area (Å²) in [6.45, 7) is 1.11. The van der Waals surface area contributed by atoms with E-state index in [1.54, 1.807) is 6.07 Å². The van der Waals surface area contributed by atoms with Crippen molar-refractivity contribution in [1.82, 2.24) is 10.1 Å². The SMILES string of the molecule is CN1CCC(c2cc(=O)[nH]o2)CC1CC1CCCCC1. The van der Waals surface area contributed by atoms with E-state index in [1.165, 1.54) is 38.5 Å². The molecule has 1 aromatic heterocycles. The van der Waals surface area contributed by atoms with Gasteiger partial charge in [0.15, 0.2) is 0 Å². The summed E-state index contributed by atoms with van der Waals surface area (Å²) >= 11 is 0. The summed E-state index contributed by atoms with van der Waals surface area (Å²) in [4.78, 5) is 13.7. The Kier molecular flexibility index (Phi) is 4.29. The van der Waals surface area contributed by atoms with E-state index in [4.69, 9.17) is 4.52 Å². The zero-order valence-corrected chi connectivity index (χ0v) is 12.4. The van der Waals surface area contributed by atoms with Gasteiger partial charge in [0.2, 0.25) is 0 Å². The molecule has 0 spiro atoms. The van der Waals surface area contributed by atoms with Crippen LogP contribution in [0.3, 0.4) is 0 Å². The van der Waals surface area contributed by atoms with Crippen molar-refractivity contribution in [3.05, 3.63) is 22.2 Å². The van der Waals surface area contributed by atoms with Crippen molar-refractivity contribution < 1.29 is 4.52 Å². The van der Waals surface area contributed by atoms with Crippen LogP contribution in [-0.2, 0) is 0 Å². The molecule has 2 unspecified atom stereocenters. The summed E-state index contributed by atoms with van der Waals surface area (Å²) in [7, 11) is 2.25. The van der Waals surface area contributed by atoms with Crippen LogP contribution >= 0.6 is 0 Å². The van der Waals surface area contributed by atoms with Gasteiger partial charge in [0.05, 0.1) is 0 Å². The molecule has 1 aromatic rings. The van der Waals surface area contributed by atoms with Crippen LogP contribution in [0.1, 0.15) is 63.0 Å². The molecule has 2 heterocycles. The lowest BCUT2D eigenvalue weighted by atomic mass is 9.80. The summed E-state index contributed by atoms with van der Waals surface area (Å²) in [5.74, 6) is 2.18. The molecule has 3 rings (SSSR count). The van der Waals surface area contributed by atoms with Crippen LogP contribution in [0.25, 0.3) is 0 Å². The Bertz CT molecular complexity index is 473. The van der Waals surface area contributed by atoms with Crippen molar-refractivity contribution in [3.8, 4) is 0 Å². The van der Waals surface area contributed by atoms with Crippen LogP contribution in [0.5, 0.6) is 0 Å². The number of hydrogen-bond donors (Lipinski definition) is 1. The van der Waals surface area contributed by atoms with Crippen LogP contribution < -0.4 is 5.56 Å². The van der Waals surface area contributed by atoms with Gasteiger partial charge in [-0.05, 0) is 38.8 Å². The van der Waals surface area contributed by atoms with Crippen molar-refractivity contribution in [3.63, 3.8) is 0 Å². The third-order valence-corrected chi connectivity index (χ3v) is 5.29. The highest BCUT2D eigenvalue weighted by Gasteiger charge is 2.31. The second-order valence-corrected chi connectivity index (χ2v) is 6.71. The topological polar surface area (TPSA) is 49.2 Å². The van der Waals surface area contributed by atoms with E-state index in [2.05, 4.69) is 17.1 Å². The van der Waals surface area contributed by atoms with Crippen LogP contribution in [0.4, 0.5) is 0 Å². The Morgan fingerprint density at radius 1 is 1.30 bits per heavy atom. The van der Waals surface area contributed by atoms with Crippen LogP contribution in [-0.4, -0.2) is 29.7 Å². The number of hydrogen-bond acceptors (Lipinski definition) is 3. The van der Waals surface area contributed by atoms with E-state index in [0.29, 0.717) is 12.0 Å². The first-order valence-corrected chi connectivity index (χ1v) is 8.11. The molecule has 112 valence electrons. The minimum Gasteiger partial charge on any atom is -0.383 e. The number of likely N-dealkylation sites (tertiary alicyclic amines) is 1. The van der Waals surface area contributed by atoms with Gasteiger partial charge in [0.1, 0.15) is 5.76 Å². The Morgan fingerprint density at radius 3 is 2.80 bits per heavy atom. The Labute approximate surface area is 120 Å². The second kappa shape index (κ2) is 6.17. The molecule has 2 atom stereocenters. The third kappa shape index (κ3) is 3.17. The molecule has 1 N–H and O–H groups in total. The van der Waals surface area contributed by atoms with Crippen LogP contribution in [0.15, 0.2) is 15.4 Å². The Hall–Kier alpha value is -1.03. The molecule has 1 aliphatic heterocycles. The summed E-state index contributed by atoms with van der Waals surface area (Å²) in [5, 5.41) is 2.43. The smallest absolute Gasteiger partial charge is 0.280 e. The lowest BCUT2D eigenvalue weighted by Crippen LogP contribution is -2.40. The molecule has 1 saturated carbocycles. The summed E-state index contributed by atoms with van der Waals surface area (Å²) in [6, 6.07) is 2.28. The molecule has 20 heavy (non-hydrogen) atoms. The molecule has 1 aliphatic carbocycles. The number of nitrogens with one attached hydrogen (secondary N) is 1. The van der Waals surface area contributed by atoms with E-state index >= 15 is 0 Å². The fourth-order valence-electron chi connectivity index (χ4n) is 4.01. The molecule has 0 amide bonds. The average molecular weight is 278 g/mol. The molecular weight excluding hydrogens is 252 g/mol. The van der Waals surface area contributed by atoms with Gasteiger partial charge >= 0.3 is 0 Å². The first-order chi connectivity index (χ1) is 9.72. The van der Waals surface area contributed by atoms with Gasteiger partial charge in [0.25, 0.3) is 5.56 Å². The molecule has 2 fully saturated rings. The zero-order valence-electron chi connectivity index (χ0n) is 12.4. The van der Waals surface area contributed by atoms with Gasteiger partial charge in [-0.2, -0.15) is 5.16 Å². The standard InChI is InChI=1S/C16H26N2O2/c1-18-8-7-13(15-11-16(19)17-20-15)10-14(18)9-12-5-3-2-4-6-12/h11-14H,2-10H2,1H3,(H,17,19). The quantitative estimate of drug-likeness (QED) is 0.924. The molecule has 0 radical (unpaired) electrons. The second-order valence-electron chi connectivity index (χ2n) is 6.71. The zero-order chi connectivity index (χ0) is 13.9. The highest BCUT2D eigenvalue weighted by molar-refractivity contribution is 5.05. The molecule has 2 aliphatic rings. The summed E-state index contributed by atoms with van der Waals surface area (Å²) < 4.78 is 5.32. The lowest BCUT2D eigenvalue weighted by molar-refractivity contribution is 0.124.